The lowest BCUT2D eigenvalue weighted by Gasteiger charge is -2.09. The number of halogens is 1. The van der Waals surface area contributed by atoms with E-state index >= 15 is 0 Å². The lowest BCUT2D eigenvalue weighted by atomic mass is 10.2. The van der Waals surface area contributed by atoms with Crippen molar-refractivity contribution in [2.45, 2.75) is 19.9 Å². The van der Waals surface area contributed by atoms with E-state index < -0.39 is 0 Å². The Labute approximate surface area is 101 Å². The number of hydrogen-bond acceptors (Lipinski definition) is 3. The highest BCUT2D eigenvalue weighted by atomic mass is 35.5. The molecule has 0 fully saturated rings. The molecule has 1 aromatic carbocycles. The Morgan fingerprint density at radius 1 is 1.44 bits per heavy atom. The Kier molecular flexibility index (Phi) is 6.23. The number of ether oxygens (including phenoxy) is 1. The van der Waals surface area contributed by atoms with Crippen molar-refractivity contribution in [1.29, 1.82) is 0 Å². The van der Waals surface area contributed by atoms with Gasteiger partial charge in [-0.2, -0.15) is 0 Å². The predicted molar refractivity (Wildman–Crippen MR) is 66.0 cm³/mol. The van der Waals surface area contributed by atoms with Gasteiger partial charge in [-0.25, -0.2) is 0 Å². The zero-order valence-electron chi connectivity index (χ0n) is 9.50. The van der Waals surface area contributed by atoms with Crippen molar-refractivity contribution in [2.24, 2.45) is 0 Å². The molecule has 1 aromatic rings. The molecule has 0 aromatic heterocycles. The molecular weight excluding hydrogens is 226 g/mol. The van der Waals surface area contributed by atoms with Crippen LogP contribution in [0.4, 0.5) is 0 Å². The minimum Gasteiger partial charge on any atom is -0.492 e. The van der Waals surface area contributed by atoms with E-state index in [1.54, 1.807) is 0 Å². The molecule has 4 heteroatoms. The second kappa shape index (κ2) is 7.49. The summed E-state index contributed by atoms with van der Waals surface area (Å²) < 4.78 is 5.47. The predicted octanol–water partition coefficient (Wildman–Crippen LogP) is 2.21. The van der Waals surface area contributed by atoms with Crippen LogP contribution in [0.3, 0.4) is 0 Å². The van der Waals surface area contributed by atoms with Crippen LogP contribution in [0.25, 0.3) is 0 Å². The second-order valence-electron chi connectivity index (χ2n) is 3.51. The summed E-state index contributed by atoms with van der Waals surface area (Å²) in [7, 11) is 0. The van der Waals surface area contributed by atoms with E-state index in [0.29, 0.717) is 24.7 Å². The molecule has 0 spiro atoms. The van der Waals surface area contributed by atoms with Crippen LogP contribution < -0.4 is 10.1 Å². The highest BCUT2D eigenvalue weighted by molar-refractivity contribution is 6.32. The van der Waals surface area contributed by atoms with Crippen molar-refractivity contribution in [3.05, 3.63) is 28.8 Å². The third-order valence-electron chi connectivity index (χ3n) is 2.08. The molecule has 90 valence electrons. The normalized spacial score (nSPS) is 10.4. The molecule has 16 heavy (non-hydrogen) atoms. The lowest BCUT2D eigenvalue weighted by Crippen LogP contribution is -2.17. The van der Waals surface area contributed by atoms with Gasteiger partial charge in [0.1, 0.15) is 5.75 Å². The minimum absolute atomic E-state index is 0.144. The van der Waals surface area contributed by atoms with Crippen LogP contribution in [0.1, 0.15) is 18.9 Å². The van der Waals surface area contributed by atoms with Crippen LogP contribution in [0.2, 0.25) is 5.02 Å². The van der Waals surface area contributed by atoms with Crippen LogP contribution in [-0.2, 0) is 6.54 Å². The topological polar surface area (TPSA) is 41.5 Å². The van der Waals surface area contributed by atoms with Crippen molar-refractivity contribution < 1.29 is 9.84 Å². The SMILES string of the molecule is CCCOc1ccc(CNCCO)cc1Cl. The Bertz CT molecular complexity index is 318. The molecule has 0 bridgehead atoms. The quantitative estimate of drug-likeness (QED) is 0.722. The summed E-state index contributed by atoms with van der Waals surface area (Å²) >= 11 is 6.08. The highest BCUT2D eigenvalue weighted by Gasteiger charge is 2.02. The van der Waals surface area contributed by atoms with Gasteiger partial charge in [0.2, 0.25) is 0 Å². The fraction of sp³-hybridized carbons (Fsp3) is 0.500. The molecule has 0 aliphatic heterocycles. The first-order valence-electron chi connectivity index (χ1n) is 5.50. The summed E-state index contributed by atoms with van der Waals surface area (Å²) in [6.07, 6.45) is 0.968. The highest BCUT2D eigenvalue weighted by Crippen LogP contribution is 2.25. The van der Waals surface area contributed by atoms with E-state index in [9.17, 15) is 0 Å². The first-order chi connectivity index (χ1) is 7.77. The van der Waals surface area contributed by atoms with Crippen molar-refractivity contribution >= 4 is 11.6 Å². The van der Waals surface area contributed by atoms with E-state index in [1.165, 1.54) is 0 Å². The molecule has 2 N–H and O–H groups in total. The maximum absolute atomic E-state index is 8.63. The van der Waals surface area contributed by atoms with Gasteiger partial charge in [0.05, 0.1) is 18.2 Å². The first-order valence-corrected chi connectivity index (χ1v) is 5.88. The Balaban J connectivity index is 2.53. The molecule has 0 amide bonds. The second-order valence-corrected chi connectivity index (χ2v) is 3.92. The molecule has 1 rings (SSSR count). The van der Waals surface area contributed by atoms with Crippen LogP contribution in [-0.4, -0.2) is 24.9 Å². The van der Waals surface area contributed by atoms with Crippen molar-refractivity contribution in [1.82, 2.24) is 5.32 Å². The van der Waals surface area contributed by atoms with Gasteiger partial charge in [-0.05, 0) is 24.1 Å². The van der Waals surface area contributed by atoms with E-state index in [-0.39, 0.29) is 6.61 Å². The maximum atomic E-state index is 8.63. The molecule has 0 unspecified atom stereocenters. The zero-order valence-corrected chi connectivity index (χ0v) is 10.3. The Hall–Kier alpha value is -0.770. The molecule has 3 nitrogen and oxygen atoms in total. The van der Waals surface area contributed by atoms with Gasteiger partial charge >= 0.3 is 0 Å². The van der Waals surface area contributed by atoms with Crippen molar-refractivity contribution in [3.63, 3.8) is 0 Å². The summed E-state index contributed by atoms with van der Waals surface area (Å²) in [5, 5.41) is 12.4. The molecule has 0 saturated heterocycles. The zero-order chi connectivity index (χ0) is 11.8. The number of hydrogen-bond donors (Lipinski definition) is 2. The van der Waals surface area contributed by atoms with E-state index in [0.717, 1.165) is 17.7 Å². The Morgan fingerprint density at radius 3 is 2.88 bits per heavy atom. The maximum Gasteiger partial charge on any atom is 0.137 e. The summed E-state index contributed by atoms with van der Waals surface area (Å²) in [6.45, 7) is 4.17. The van der Waals surface area contributed by atoms with Gasteiger partial charge < -0.3 is 15.2 Å². The number of nitrogens with one attached hydrogen (secondary N) is 1. The largest absolute Gasteiger partial charge is 0.492 e. The summed E-state index contributed by atoms with van der Waals surface area (Å²) in [4.78, 5) is 0. The van der Waals surface area contributed by atoms with Gasteiger partial charge in [0.15, 0.2) is 0 Å². The molecule has 0 heterocycles. The van der Waals surface area contributed by atoms with Crippen molar-refractivity contribution in [2.75, 3.05) is 19.8 Å². The number of rotatable bonds is 7. The van der Waals surface area contributed by atoms with Crippen LogP contribution in [0.15, 0.2) is 18.2 Å². The molecule has 0 saturated carbocycles. The van der Waals surface area contributed by atoms with Crippen LogP contribution in [0.5, 0.6) is 5.75 Å². The molecule has 0 radical (unpaired) electrons. The minimum atomic E-state index is 0.144. The van der Waals surface area contributed by atoms with Crippen molar-refractivity contribution in [3.8, 4) is 5.75 Å². The summed E-state index contributed by atoms with van der Waals surface area (Å²) in [5.74, 6) is 0.731. The van der Waals surface area contributed by atoms with E-state index in [1.807, 2.05) is 18.2 Å². The smallest absolute Gasteiger partial charge is 0.137 e. The fourth-order valence-electron chi connectivity index (χ4n) is 1.30. The average molecular weight is 244 g/mol. The van der Waals surface area contributed by atoms with Crippen LogP contribution >= 0.6 is 11.6 Å². The molecule has 0 aliphatic carbocycles. The lowest BCUT2D eigenvalue weighted by molar-refractivity contribution is 0.292. The van der Waals surface area contributed by atoms with Gasteiger partial charge in [-0.1, -0.05) is 24.6 Å². The van der Waals surface area contributed by atoms with Crippen LogP contribution in [0, 0.1) is 0 Å². The fourth-order valence-corrected chi connectivity index (χ4v) is 1.55. The average Bonchev–Trinajstić information content (AvgIpc) is 2.28. The molecular formula is C12H18ClNO2. The number of aliphatic hydroxyl groups excluding tert-OH is 1. The summed E-state index contributed by atoms with van der Waals surface area (Å²) in [6, 6.07) is 5.74. The third-order valence-corrected chi connectivity index (χ3v) is 2.37. The van der Waals surface area contributed by atoms with Gasteiger partial charge in [0.25, 0.3) is 0 Å². The van der Waals surface area contributed by atoms with E-state index in [4.69, 9.17) is 21.4 Å². The first kappa shape index (κ1) is 13.3. The van der Waals surface area contributed by atoms with Gasteiger partial charge in [0, 0.05) is 13.1 Å². The molecule has 0 atom stereocenters. The molecule has 0 aliphatic rings. The summed E-state index contributed by atoms with van der Waals surface area (Å²) in [5.41, 5.74) is 1.09. The van der Waals surface area contributed by atoms with Gasteiger partial charge in [-0.15, -0.1) is 0 Å². The number of aliphatic hydroxyl groups is 1. The Morgan fingerprint density at radius 2 is 2.25 bits per heavy atom. The monoisotopic (exact) mass is 243 g/mol. The standard InChI is InChI=1S/C12H18ClNO2/c1-2-7-16-12-4-3-10(8-11(12)13)9-14-5-6-15/h3-4,8,14-15H,2,5-7,9H2,1H3. The van der Waals surface area contributed by atoms with E-state index in [2.05, 4.69) is 12.2 Å². The number of benzene rings is 1. The van der Waals surface area contributed by atoms with Gasteiger partial charge in [-0.3, -0.25) is 0 Å². The third kappa shape index (κ3) is 4.39.